The van der Waals surface area contributed by atoms with Crippen LogP contribution in [0.4, 0.5) is 0 Å². The van der Waals surface area contributed by atoms with Gasteiger partial charge >= 0.3 is 0 Å². The van der Waals surface area contributed by atoms with Gasteiger partial charge in [-0.25, -0.2) is 0 Å². The molecule has 1 unspecified atom stereocenters. The van der Waals surface area contributed by atoms with Crippen LogP contribution in [0, 0.1) is 11.8 Å². The van der Waals surface area contributed by atoms with Crippen molar-refractivity contribution >= 4 is 11.6 Å². The van der Waals surface area contributed by atoms with Gasteiger partial charge in [0.25, 0.3) is 0 Å². The Labute approximate surface area is 129 Å². The van der Waals surface area contributed by atoms with Gasteiger partial charge < -0.3 is 5.32 Å². The molecule has 0 amide bonds. The SMILES string of the molecule is CCCC1CCC(C(Cc2ccccc2Cl)NC)CC1. The Kier molecular flexibility index (Phi) is 6.38. The molecule has 0 saturated heterocycles. The van der Waals surface area contributed by atoms with Gasteiger partial charge in [0.2, 0.25) is 0 Å². The Morgan fingerprint density at radius 1 is 1.20 bits per heavy atom. The zero-order valence-electron chi connectivity index (χ0n) is 12.9. The van der Waals surface area contributed by atoms with Crippen molar-refractivity contribution in [1.82, 2.24) is 5.32 Å². The highest BCUT2D eigenvalue weighted by Crippen LogP contribution is 2.34. The number of benzene rings is 1. The van der Waals surface area contributed by atoms with E-state index in [-0.39, 0.29) is 0 Å². The predicted octanol–water partition coefficient (Wildman–Crippen LogP) is 5.08. The van der Waals surface area contributed by atoms with Crippen LogP contribution in [0.3, 0.4) is 0 Å². The van der Waals surface area contributed by atoms with E-state index < -0.39 is 0 Å². The van der Waals surface area contributed by atoms with Crippen LogP contribution in [0.25, 0.3) is 0 Å². The number of nitrogens with one attached hydrogen (secondary N) is 1. The predicted molar refractivity (Wildman–Crippen MR) is 88.4 cm³/mol. The van der Waals surface area contributed by atoms with Gasteiger partial charge in [-0.05, 0) is 49.8 Å². The van der Waals surface area contributed by atoms with E-state index in [2.05, 4.69) is 31.4 Å². The molecule has 1 nitrogen and oxygen atoms in total. The van der Waals surface area contributed by atoms with Crippen molar-refractivity contribution in [2.75, 3.05) is 7.05 Å². The fourth-order valence-corrected chi connectivity index (χ4v) is 3.91. The Hall–Kier alpha value is -0.530. The highest BCUT2D eigenvalue weighted by Gasteiger charge is 2.26. The molecule has 1 atom stereocenters. The normalized spacial score (nSPS) is 24.6. The fourth-order valence-electron chi connectivity index (χ4n) is 3.69. The molecule has 1 aliphatic carbocycles. The van der Waals surface area contributed by atoms with Crippen molar-refractivity contribution in [3.05, 3.63) is 34.9 Å². The van der Waals surface area contributed by atoms with Crippen LogP contribution in [0.2, 0.25) is 5.02 Å². The van der Waals surface area contributed by atoms with E-state index in [0.717, 1.165) is 23.3 Å². The second-order valence-corrected chi connectivity index (χ2v) is 6.67. The first-order chi connectivity index (χ1) is 9.74. The van der Waals surface area contributed by atoms with E-state index in [1.807, 2.05) is 12.1 Å². The fraction of sp³-hybridized carbons (Fsp3) is 0.667. The van der Waals surface area contributed by atoms with Crippen LogP contribution in [-0.2, 0) is 6.42 Å². The van der Waals surface area contributed by atoms with Gasteiger partial charge in [-0.3, -0.25) is 0 Å². The molecular formula is C18H28ClN. The number of hydrogen-bond acceptors (Lipinski definition) is 1. The summed E-state index contributed by atoms with van der Waals surface area (Å²) in [7, 11) is 2.10. The Balaban J connectivity index is 1.91. The quantitative estimate of drug-likeness (QED) is 0.771. The Morgan fingerprint density at radius 3 is 2.50 bits per heavy atom. The monoisotopic (exact) mass is 293 g/mol. The molecule has 1 aromatic rings. The third-order valence-corrected chi connectivity index (χ3v) is 5.29. The van der Waals surface area contributed by atoms with Gasteiger partial charge in [-0.2, -0.15) is 0 Å². The maximum Gasteiger partial charge on any atom is 0.0438 e. The first kappa shape index (κ1) is 15.9. The van der Waals surface area contributed by atoms with E-state index in [1.165, 1.54) is 44.1 Å². The van der Waals surface area contributed by atoms with Crippen molar-refractivity contribution in [3.8, 4) is 0 Å². The molecule has 0 spiro atoms. The summed E-state index contributed by atoms with van der Waals surface area (Å²) in [5.41, 5.74) is 1.28. The summed E-state index contributed by atoms with van der Waals surface area (Å²) < 4.78 is 0. The molecule has 1 saturated carbocycles. The molecule has 1 aromatic carbocycles. The minimum Gasteiger partial charge on any atom is -0.316 e. The maximum atomic E-state index is 6.30. The standard InChI is InChI=1S/C18H28ClN/c1-3-6-14-9-11-15(12-10-14)18(20-2)13-16-7-4-5-8-17(16)19/h4-5,7-8,14-15,18,20H,3,6,9-13H2,1-2H3. The summed E-state index contributed by atoms with van der Waals surface area (Å²) in [6.07, 6.45) is 9.39. The van der Waals surface area contributed by atoms with Gasteiger partial charge in [-0.15, -0.1) is 0 Å². The average molecular weight is 294 g/mol. The number of likely N-dealkylation sites (N-methyl/N-ethyl adjacent to an activating group) is 1. The smallest absolute Gasteiger partial charge is 0.0438 e. The minimum absolute atomic E-state index is 0.567. The lowest BCUT2D eigenvalue weighted by molar-refractivity contribution is 0.217. The lowest BCUT2D eigenvalue weighted by Crippen LogP contribution is -2.37. The molecule has 0 heterocycles. The summed E-state index contributed by atoms with van der Waals surface area (Å²) in [6, 6.07) is 8.83. The molecule has 0 aromatic heterocycles. The van der Waals surface area contributed by atoms with Crippen LogP contribution in [0.5, 0.6) is 0 Å². The summed E-state index contributed by atoms with van der Waals surface area (Å²) in [5, 5.41) is 4.45. The molecule has 0 bridgehead atoms. The molecule has 112 valence electrons. The summed E-state index contributed by atoms with van der Waals surface area (Å²) in [6.45, 7) is 2.31. The number of hydrogen-bond donors (Lipinski definition) is 1. The van der Waals surface area contributed by atoms with Crippen LogP contribution in [-0.4, -0.2) is 13.1 Å². The van der Waals surface area contributed by atoms with Crippen LogP contribution >= 0.6 is 11.6 Å². The summed E-state index contributed by atoms with van der Waals surface area (Å²) in [5.74, 6) is 1.79. The largest absolute Gasteiger partial charge is 0.316 e. The van der Waals surface area contributed by atoms with Crippen molar-refractivity contribution in [1.29, 1.82) is 0 Å². The maximum absolute atomic E-state index is 6.30. The van der Waals surface area contributed by atoms with Gasteiger partial charge in [0.1, 0.15) is 0 Å². The lowest BCUT2D eigenvalue weighted by Gasteiger charge is -2.34. The minimum atomic E-state index is 0.567. The van der Waals surface area contributed by atoms with E-state index in [0.29, 0.717) is 6.04 Å². The van der Waals surface area contributed by atoms with E-state index in [4.69, 9.17) is 11.6 Å². The third-order valence-electron chi connectivity index (χ3n) is 4.93. The molecule has 1 N–H and O–H groups in total. The van der Waals surface area contributed by atoms with Crippen molar-refractivity contribution in [2.45, 2.75) is 57.9 Å². The summed E-state index contributed by atoms with van der Waals surface area (Å²) >= 11 is 6.30. The molecule has 1 aliphatic rings. The summed E-state index contributed by atoms with van der Waals surface area (Å²) in [4.78, 5) is 0. The van der Waals surface area contributed by atoms with Gasteiger partial charge in [-0.1, -0.05) is 62.4 Å². The van der Waals surface area contributed by atoms with Crippen LogP contribution < -0.4 is 5.32 Å². The highest BCUT2D eigenvalue weighted by atomic mass is 35.5. The second kappa shape index (κ2) is 8.05. The molecule has 1 fully saturated rings. The second-order valence-electron chi connectivity index (χ2n) is 6.26. The molecule has 0 radical (unpaired) electrons. The van der Waals surface area contributed by atoms with Gasteiger partial charge in [0.15, 0.2) is 0 Å². The zero-order valence-corrected chi connectivity index (χ0v) is 13.6. The van der Waals surface area contributed by atoms with E-state index in [9.17, 15) is 0 Å². The van der Waals surface area contributed by atoms with Crippen LogP contribution in [0.1, 0.15) is 51.0 Å². The molecule has 2 heteroatoms. The highest BCUT2D eigenvalue weighted by molar-refractivity contribution is 6.31. The molecule has 20 heavy (non-hydrogen) atoms. The lowest BCUT2D eigenvalue weighted by atomic mass is 9.76. The van der Waals surface area contributed by atoms with Gasteiger partial charge in [0, 0.05) is 11.1 Å². The average Bonchev–Trinajstić information content (AvgIpc) is 2.48. The molecule has 2 rings (SSSR count). The first-order valence-corrected chi connectivity index (χ1v) is 8.53. The van der Waals surface area contributed by atoms with E-state index in [1.54, 1.807) is 0 Å². The Morgan fingerprint density at radius 2 is 1.90 bits per heavy atom. The van der Waals surface area contributed by atoms with Crippen molar-refractivity contribution < 1.29 is 0 Å². The van der Waals surface area contributed by atoms with Gasteiger partial charge in [0.05, 0.1) is 0 Å². The molecular weight excluding hydrogens is 266 g/mol. The zero-order chi connectivity index (χ0) is 14.4. The number of rotatable bonds is 6. The van der Waals surface area contributed by atoms with Crippen molar-refractivity contribution in [3.63, 3.8) is 0 Å². The topological polar surface area (TPSA) is 12.0 Å². The van der Waals surface area contributed by atoms with Crippen molar-refractivity contribution in [2.24, 2.45) is 11.8 Å². The Bertz CT molecular complexity index is 396. The number of halogens is 1. The third kappa shape index (κ3) is 4.23. The first-order valence-electron chi connectivity index (χ1n) is 8.15. The molecule has 0 aliphatic heterocycles. The van der Waals surface area contributed by atoms with Crippen LogP contribution in [0.15, 0.2) is 24.3 Å². The van der Waals surface area contributed by atoms with E-state index >= 15 is 0 Å².